The summed E-state index contributed by atoms with van der Waals surface area (Å²) in [6.07, 6.45) is 3.83. The van der Waals surface area contributed by atoms with Crippen molar-refractivity contribution in [1.29, 1.82) is 0 Å². The molecule has 1 aromatic heterocycles. The summed E-state index contributed by atoms with van der Waals surface area (Å²) in [5.74, 6) is 1.12. The lowest BCUT2D eigenvalue weighted by molar-refractivity contribution is -0.114. The highest BCUT2D eigenvalue weighted by Gasteiger charge is 2.29. The van der Waals surface area contributed by atoms with E-state index < -0.39 is 0 Å². The van der Waals surface area contributed by atoms with E-state index in [9.17, 15) is 4.79 Å². The van der Waals surface area contributed by atoms with Gasteiger partial charge in [-0.2, -0.15) is 15.2 Å². The molecule has 0 N–H and O–H groups in total. The molecule has 0 saturated heterocycles. The minimum Gasteiger partial charge on any atom is -0.493 e. The van der Waals surface area contributed by atoms with Crippen LogP contribution in [0, 0.1) is 5.92 Å². The van der Waals surface area contributed by atoms with Crippen molar-refractivity contribution >= 4 is 23.4 Å². The van der Waals surface area contributed by atoms with Crippen molar-refractivity contribution in [2.75, 3.05) is 11.6 Å². The number of hydrazone groups is 1. The largest absolute Gasteiger partial charge is 0.493 e. The Bertz CT molecular complexity index is 1420. The molecular formula is C30H28N4O2. The van der Waals surface area contributed by atoms with Crippen molar-refractivity contribution < 1.29 is 9.53 Å². The minimum atomic E-state index is -0.158. The van der Waals surface area contributed by atoms with Gasteiger partial charge >= 0.3 is 0 Å². The zero-order valence-corrected chi connectivity index (χ0v) is 20.6. The van der Waals surface area contributed by atoms with Gasteiger partial charge < -0.3 is 4.74 Å². The van der Waals surface area contributed by atoms with E-state index in [1.54, 1.807) is 0 Å². The van der Waals surface area contributed by atoms with Crippen molar-refractivity contribution in [3.8, 4) is 22.7 Å². The number of aromatic nitrogens is 2. The number of hydrogen-bond donors (Lipinski definition) is 0. The van der Waals surface area contributed by atoms with Crippen LogP contribution in [0.2, 0.25) is 0 Å². The summed E-state index contributed by atoms with van der Waals surface area (Å²) in [6, 6.07) is 27.3. The maximum absolute atomic E-state index is 13.3. The van der Waals surface area contributed by atoms with Crippen molar-refractivity contribution in [2.24, 2.45) is 11.0 Å². The Balaban J connectivity index is 1.53. The number of hydrogen-bond acceptors (Lipinski definition) is 4. The van der Waals surface area contributed by atoms with Crippen LogP contribution in [-0.2, 0) is 4.79 Å². The first-order valence-corrected chi connectivity index (χ1v) is 12.0. The van der Waals surface area contributed by atoms with E-state index in [0.29, 0.717) is 23.8 Å². The Hall–Kier alpha value is -4.45. The molecule has 3 aromatic carbocycles. The molecule has 6 heteroatoms. The predicted molar refractivity (Wildman–Crippen MR) is 144 cm³/mol. The van der Waals surface area contributed by atoms with E-state index in [1.165, 1.54) is 5.01 Å². The van der Waals surface area contributed by atoms with Crippen LogP contribution in [0.4, 0.5) is 5.69 Å². The highest BCUT2D eigenvalue weighted by molar-refractivity contribution is 6.32. The van der Waals surface area contributed by atoms with Crippen molar-refractivity contribution in [3.05, 3.63) is 102 Å². The Morgan fingerprint density at radius 1 is 0.889 bits per heavy atom. The third-order valence-electron chi connectivity index (χ3n) is 5.84. The van der Waals surface area contributed by atoms with Gasteiger partial charge in [-0.1, -0.05) is 50.2 Å². The summed E-state index contributed by atoms with van der Waals surface area (Å²) in [5.41, 5.74) is 5.44. The summed E-state index contributed by atoms with van der Waals surface area (Å²) in [5, 5.41) is 10.9. The van der Waals surface area contributed by atoms with Crippen LogP contribution in [0.5, 0.6) is 5.75 Å². The molecule has 0 unspecified atom stereocenters. The Kier molecular flexibility index (Phi) is 6.50. The number of para-hydroxylation sites is 2. The zero-order valence-electron chi connectivity index (χ0n) is 20.6. The van der Waals surface area contributed by atoms with Crippen LogP contribution >= 0.6 is 0 Å². The van der Waals surface area contributed by atoms with E-state index in [0.717, 1.165) is 33.9 Å². The Morgan fingerprint density at radius 2 is 1.53 bits per heavy atom. The second-order valence-corrected chi connectivity index (χ2v) is 9.14. The van der Waals surface area contributed by atoms with Crippen molar-refractivity contribution in [2.45, 2.75) is 20.8 Å². The maximum atomic E-state index is 13.3. The molecule has 2 heterocycles. The Labute approximate surface area is 211 Å². The molecule has 0 fully saturated rings. The molecule has 5 rings (SSSR count). The molecule has 4 aromatic rings. The molecule has 1 aliphatic heterocycles. The topological polar surface area (TPSA) is 59.7 Å². The molecule has 6 nitrogen and oxygen atoms in total. The smallest absolute Gasteiger partial charge is 0.280 e. The summed E-state index contributed by atoms with van der Waals surface area (Å²) in [7, 11) is 0. The van der Waals surface area contributed by atoms with Gasteiger partial charge in [-0.15, -0.1) is 0 Å². The fourth-order valence-corrected chi connectivity index (χ4v) is 3.99. The number of rotatable bonds is 7. The third kappa shape index (κ3) is 4.84. The number of ether oxygens (including phenoxy) is 1. The summed E-state index contributed by atoms with van der Waals surface area (Å²) >= 11 is 0. The summed E-state index contributed by atoms with van der Waals surface area (Å²) in [6.45, 7) is 6.77. The molecule has 0 atom stereocenters. The minimum absolute atomic E-state index is 0.158. The first-order chi connectivity index (χ1) is 17.5. The maximum Gasteiger partial charge on any atom is 0.280 e. The number of amides is 1. The Morgan fingerprint density at radius 3 is 2.17 bits per heavy atom. The molecule has 1 aliphatic rings. The second-order valence-electron chi connectivity index (χ2n) is 9.14. The number of nitrogens with zero attached hydrogens (tertiary/aromatic N) is 4. The van der Waals surface area contributed by atoms with E-state index in [2.05, 4.69) is 18.9 Å². The van der Waals surface area contributed by atoms with Crippen LogP contribution in [0.25, 0.3) is 23.0 Å². The van der Waals surface area contributed by atoms with Gasteiger partial charge in [-0.3, -0.25) is 4.79 Å². The molecule has 0 spiro atoms. The van der Waals surface area contributed by atoms with Crippen molar-refractivity contribution in [3.63, 3.8) is 0 Å². The third-order valence-corrected chi connectivity index (χ3v) is 5.84. The monoisotopic (exact) mass is 476 g/mol. The molecule has 180 valence electrons. The van der Waals surface area contributed by atoms with E-state index in [1.807, 2.05) is 109 Å². The van der Waals surface area contributed by atoms with Gasteiger partial charge in [0.1, 0.15) is 5.75 Å². The lowest BCUT2D eigenvalue weighted by Gasteiger charge is -2.11. The summed E-state index contributed by atoms with van der Waals surface area (Å²) in [4.78, 5) is 13.3. The van der Waals surface area contributed by atoms with Gasteiger partial charge in [-0.25, -0.2) is 4.68 Å². The molecule has 0 bridgehead atoms. The average molecular weight is 477 g/mol. The summed E-state index contributed by atoms with van der Waals surface area (Å²) < 4.78 is 7.69. The first kappa shape index (κ1) is 23.3. The molecule has 0 radical (unpaired) electrons. The van der Waals surface area contributed by atoms with Gasteiger partial charge in [0.05, 0.1) is 35.0 Å². The molecule has 0 saturated carbocycles. The second kappa shape index (κ2) is 10.0. The van der Waals surface area contributed by atoms with Gasteiger partial charge in [0.2, 0.25) is 0 Å². The van der Waals surface area contributed by atoms with Gasteiger partial charge in [0.25, 0.3) is 5.91 Å². The molecular weight excluding hydrogens is 448 g/mol. The van der Waals surface area contributed by atoms with E-state index in [-0.39, 0.29) is 5.91 Å². The van der Waals surface area contributed by atoms with Gasteiger partial charge in [0.15, 0.2) is 0 Å². The number of anilines is 1. The number of benzene rings is 3. The molecule has 1 amide bonds. The van der Waals surface area contributed by atoms with Crippen LogP contribution in [0.15, 0.2) is 102 Å². The lowest BCUT2D eigenvalue weighted by Crippen LogP contribution is -2.21. The van der Waals surface area contributed by atoms with E-state index in [4.69, 9.17) is 9.84 Å². The molecule has 36 heavy (non-hydrogen) atoms. The quantitative estimate of drug-likeness (QED) is 0.291. The highest BCUT2D eigenvalue weighted by Crippen LogP contribution is 2.30. The molecule has 0 aliphatic carbocycles. The van der Waals surface area contributed by atoms with E-state index >= 15 is 0 Å². The number of carbonyl (C=O) groups excluding carboxylic acids is 1. The van der Waals surface area contributed by atoms with Crippen molar-refractivity contribution in [1.82, 2.24) is 9.78 Å². The van der Waals surface area contributed by atoms with Crippen LogP contribution in [-0.4, -0.2) is 28.0 Å². The predicted octanol–water partition coefficient (Wildman–Crippen LogP) is 6.38. The highest BCUT2D eigenvalue weighted by atomic mass is 16.5. The lowest BCUT2D eigenvalue weighted by atomic mass is 10.0. The van der Waals surface area contributed by atoms with Crippen LogP contribution < -0.4 is 9.75 Å². The van der Waals surface area contributed by atoms with Crippen LogP contribution in [0.1, 0.15) is 26.3 Å². The fraction of sp³-hybridized carbons (Fsp3) is 0.167. The standard InChI is InChI=1S/C30H28N4O2/c1-21(2)20-36-27-16-14-23(15-17-27)29-24(19-33(32-29)25-10-6-4-7-11-25)18-28-22(3)31-34(30(28)35)26-12-8-5-9-13-26/h4-19,21H,20H2,1-3H3/b28-18+. The number of carbonyl (C=O) groups is 1. The normalized spacial score (nSPS) is 14.6. The van der Waals surface area contributed by atoms with Crippen LogP contribution in [0.3, 0.4) is 0 Å². The fourth-order valence-electron chi connectivity index (χ4n) is 3.99. The zero-order chi connectivity index (χ0) is 25.1. The first-order valence-electron chi connectivity index (χ1n) is 12.0. The average Bonchev–Trinajstić information content (AvgIpc) is 3.45. The van der Waals surface area contributed by atoms with Gasteiger partial charge in [-0.05, 0) is 67.4 Å². The SMILES string of the molecule is CC1=NN(c2ccccc2)C(=O)/C1=C/c1cn(-c2ccccc2)nc1-c1ccc(OCC(C)C)cc1. The van der Waals surface area contributed by atoms with Gasteiger partial charge in [0, 0.05) is 17.3 Å².